The van der Waals surface area contributed by atoms with Crippen molar-refractivity contribution in [2.45, 2.75) is 31.8 Å². The van der Waals surface area contributed by atoms with Gasteiger partial charge >= 0.3 is 0 Å². The van der Waals surface area contributed by atoms with Crippen molar-refractivity contribution in [1.82, 2.24) is 14.7 Å². The average molecular weight is 322 g/mol. The maximum atomic E-state index is 12.5. The van der Waals surface area contributed by atoms with Crippen LogP contribution in [0, 0.1) is 11.8 Å². The summed E-state index contributed by atoms with van der Waals surface area (Å²) < 4.78 is 1.74. The zero-order valence-corrected chi connectivity index (χ0v) is 14.1. The predicted octanol–water partition coefficient (Wildman–Crippen LogP) is 1.61. The molecule has 0 saturated carbocycles. The highest BCUT2D eigenvalue weighted by Crippen LogP contribution is 2.34. The molecular formula is C15H22N4O2S. The van der Waals surface area contributed by atoms with Crippen LogP contribution >= 0.6 is 11.8 Å². The molecule has 120 valence electrons. The van der Waals surface area contributed by atoms with Gasteiger partial charge in [-0.15, -0.1) is 0 Å². The second-order valence-electron chi connectivity index (χ2n) is 6.47. The van der Waals surface area contributed by atoms with Crippen LogP contribution in [0.15, 0.2) is 0 Å². The number of rotatable bonds is 4. The maximum Gasteiger partial charge on any atom is 0.230 e. The van der Waals surface area contributed by atoms with E-state index < -0.39 is 0 Å². The molecule has 0 spiro atoms. The van der Waals surface area contributed by atoms with E-state index in [4.69, 9.17) is 0 Å². The molecule has 3 heterocycles. The third-order valence-electron chi connectivity index (χ3n) is 4.13. The number of aryl methyl sites for hydroxylation is 1. The van der Waals surface area contributed by atoms with E-state index in [9.17, 15) is 9.59 Å². The normalized spacial score (nSPS) is 20.8. The number of carbonyl (C=O) groups excluding carboxylic acids is 2. The zero-order valence-electron chi connectivity index (χ0n) is 13.3. The molecule has 2 aliphatic heterocycles. The Labute approximate surface area is 134 Å². The first kappa shape index (κ1) is 15.4. The van der Waals surface area contributed by atoms with E-state index >= 15 is 0 Å². The van der Waals surface area contributed by atoms with Crippen LogP contribution in [0.5, 0.6) is 0 Å². The monoisotopic (exact) mass is 322 g/mol. The summed E-state index contributed by atoms with van der Waals surface area (Å²) in [7, 11) is 1.85. The van der Waals surface area contributed by atoms with Crippen molar-refractivity contribution in [2.75, 3.05) is 18.4 Å². The lowest BCUT2D eigenvalue weighted by Gasteiger charge is -2.18. The number of aromatic nitrogens is 2. The van der Waals surface area contributed by atoms with Crippen LogP contribution < -0.4 is 5.32 Å². The second-order valence-corrected chi connectivity index (χ2v) is 7.46. The van der Waals surface area contributed by atoms with Crippen LogP contribution in [0.1, 0.15) is 31.5 Å². The first-order valence-electron chi connectivity index (χ1n) is 7.66. The van der Waals surface area contributed by atoms with E-state index in [-0.39, 0.29) is 17.7 Å². The fourth-order valence-electron chi connectivity index (χ4n) is 3.08. The Balaban J connectivity index is 1.67. The smallest absolute Gasteiger partial charge is 0.230 e. The van der Waals surface area contributed by atoms with Crippen LogP contribution in [0.3, 0.4) is 0 Å². The van der Waals surface area contributed by atoms with Gasteiger partial charge in [0.15, 0.2) is 0 Å². The number of amides is 2. The summed E-state index contributed by atoms with van der Waals surface area (Å²) in [6.07, 6.45) is 0.313. The van der Waals surface area contributed by atoms with Gasteiger partial charge in [0.2, 0.25) is 11.8 Å². The number of fused-ring (bicyclic) bond motifs is 1. The van der Waals surface area contributed by atoms with Crippen molar-refractivity contribution in [1.29, 1.82) is 0 Å². The Kier molecular flexibility index (Phi) is 4.16. The van der Waals surface area contributed by atoms with Gasteiger partial charge in [-0.1, -0.05) is 13.8 Å². The van der Waals surface area contributed by atoms with E-state index in [1.54, 1.807) is 9.58 Å². The second kappa shape index (κ2) is 5.95. The Hall–Kier alpha value is -1.50. The molecule has 3 rings (SSSR count). The first-order valence-corrected chi connectivity index (χ1v) is 8.82. The molecule has 0 unspecified atom stereocenters. The lowest BCUT2D eigenvalue weighted by Crippen LogP contribution is -2.31. The molecule has 0 aromatic carbocycles. The average Bonchev–Trinajstić information content (AvgIpc) is 3.09. The van der Waals surface area contributed by atoms with Crippen molar-refractivity contribution < 1.29 is 9.59 Å². The third kappa shape index (κ3) is 2.86. The summed E-state index contributed by atoms with van der Waals surface area (Å²) in [5, 5.41) is 7.44. The van der Waals surface area contributed by atoms with Gasteiger partial charge in [-0.2, -0.15) is 16.9 Å². The van der Waals surface area contributed by atoms with Gasteiger partial charge in [-0.25, -0.2) is 0 Å². The van der Waals surface area contributed by atoms with Gasteiger partial charge in [-0.05, 0) is 5.92 Å². The van der Waals surface area contributed by atoms with Crippen LogP contribution in [0.4, 0.5) is 5.82 Å². The Bertz CT molecular complexity index is 611. The minimum atomic E-state index is -0.258. The van der Waals surface area contributed by atoms with Gasteiger partial charge in [-0.3, -0.25) is 14.3 Å². The molecule has 1 aromatic rings. The van der Waals surface area contributed by atoms with Crippen molar-refractivity contribution in [3.63, 3.8) is 0 Å². The molecule has 6 nitrogen and oxygen atoms in total. The highest BCUT2D eigenvalue weighted by atomic mass is 32.2. The minimum absolute atomic E-state index is 0.0673. The Morgan fingerprint density at radius 3 is 2.95 bits per heavy atom. The summed E-state index contributed by atoms with van der Waals surface area (Å²) in [5.74, 6) is 2.76. The third-order valence-corrected chi connectivity index (χ3v) is 5.10. The van der Waals surface area contributed by atoms with Gasteiger partial charge in [0, 0.05) is 43.6 Å². The summed E-state index contributed by atoms with van der Waals surface area (Å²) in [6, 6.07) is 0. The summed E-state index contributed by atoms with van der Waals surface area (Å²) in [4.78, 5) is 26.3. The number of carbonyl (C=O) groups is 2. The lowest BCUT2D eigenvalue weighted by molar-refractivity contribution is -0.128. The summed E-state index contributed by atoms with van der Waals surface area (Å²) >= 11 is 1.81. The largest absolute Gasteiger partial charge is 0.342 e. The van der Waals surface area contributed by atoms with E-state index in [0.717, 1.165) is 35.1 Å². The lowest BCUT2D eigenvalue weighted by atomic mass is 10.1. The topological polar surface area (TPSA) is 67.2 Å². The molecule has 2 amide bonds. The molecule has 0 aliphatic carbocycles. The Morgan fingerprint density at radius 1 is 1.45 bits per heavy atom. The number of thioether (sulfide) groups is 1. The highest BCUT2D eigenvalue weighted by Gasteiger charge is 2.35. The van der Waals surface area contributed by atoms with Gasteiger partial charge < -0.3 is 10.2 Å². The number of hydrogen-bond donors (Lipinski definition) is 1. The fraction of sp³-hybridized carbons (Fsp3) is 0.667. The molecule has 1 fully saturated rings. The van der Waals surface area contributed by atoms with Crippen molar-refractivity contribution in [3.05, 3.63) is 11.3 Å². The Morgan fingerprint density at radius 2 is 2.23 bits per heavy atom. The maximum absolute atomic E-state index is 12.5. The minimum Gasteiger partial charge on any atom is -0.342 e. The number of nitrogens with one attached hydrogen (secondary N) is 1. The molecule has 1 saturated heterocycles. The quantitative estimate of drug-likeness (QED) is 0.914. The molecule has 1 aromatic heterocycles. The summed E-state index contributed by atoms with van der Waals surface area (Å²) in [6.45, 7) is 5.41. The van der Waals surface area contributed by atoms with E-state index in [2.05, 4.69) is 24.3 Å². The molecule has 7 heteroatoms. The molecule has 0 radical (unpaired) electrons. The van der Waals surface area contributed by atoms with E-state index in [1.165, 1.54) is 0 Å². The van der Waals surface area contributed by atoms with Crippen LogP contribution in [0.2, 0.25) is 0 Å². The molecular weight excluding hydrogens is 300 g/mol. The van der Waals surface area contributed by atoms with E-state index in [1.807, 2.05) is 18.8 Å². The SMILES string of the molecule is CC(C)CN1C[C@@H](C(=O)Nc2c3c(nn2C)CSC3)CC1=O. The van der Waals surface area contributed by atoms with Crippen LogP contribution in [-0.4, -0.2) is 39.6 Å². The molecule has 1 N–H and O–H groups in total. The highest BCUT2D eigenvalue weighted by molar-refractivity contribution is 7.98. The van der Waals surface area contributed by atoms with Gasteiger partial charge in [0.1, 0.15) is 5.82 Å². The molecule has 0 bridgehead atoms. The zero-order chi connectivity index (χ0) is 15.9. The van der Waals surface area contributed by atoms with Crippen LogP contribution in [0.25, 0.3) is 0 Å². The van der Waals surface area contributed by atoms with Crippen LogP contribution in [-0.2, 0) is 28.1 Å². The van der Waals surface area contributed by atoms with Crippen molar-refractivity contribution in [2.24, 2.45) is 18.9 Å². The number of likely N-dealkylation sites (tertiary alicyclic amines) is 1. The first-order chi connectivity index (χ1) is 10.5. The fourth-order valence-corrected chi connectivity index (χ4v) is 4.12. The standard InChI is InChI=1S/C15H22N4O2S/c1-9(2)5-19-6-10(4-13(19)20)15(21)16-14-11-7-22-8-12(11)17-18(14)3/h9-10H,4-8H2,1-3H3,(H,16,21)/t10-/m0/s1. The van der Waals surface area contributed by atoms with E-state index in [0.29, 0.717) is 18.9 Å². The number of nitrogens with zero attached hydrogens (tertiary/aromatic N) is 3. The van der Waals surface area contributed by atoms with Crippen molar-refractivity contribution >= 4 is 29.4 Å². The van der Waals surface area contributed by atoms with Gasteiger partial charge in [0.05, 0.1) is 11.6 Å². The predicted molar refractivity (Wildman–Crippen MR) is 86.4 cm³/mol. The van der Waals surface area contributed by atoms with Gasteiger partial charge in [0.25, 0.3) is 0 Å². The summed E-state index contributed by atoms with van der Waals surface area (Å²) in [5.41, 5.74) is 2.19. The van der Waals surface area contributed by atoms with Crippen molar-refractivity contribution in [3.8, 4) is 0 Å². The molecule has 22 heavy (non-hydrogen) atoms. The molecule has 2 aliphatic rings. The number of anilines is 1. The molecule has 1 atom stereocenters. The number of hydrogen-bond acceptors (Lipinski definition) is 4.